The maximum absolute atomic E-state index is 13.8. The van der Waals surface area contributed by atoms with Crippen LogP contribution in [-0.2, 0) is 22.6 Å². The molecule has 22 heteroatoms. The third kappa shape index (κ3) is 10.2. The second kappa shape index (κ2) is 19.2. The molecule has 0 aliphatic rings. The van der Waals surface area contributed by atoms with Gasteiger partial charge in [-0.1, -0.05) is 51.9 Å². The van der Waals surface area contributed by atoms with Crippen LogP contribution in [0.5, 0.6) is 0 Å². The first-order valence-electron chi connectivity index (χ1n) is 17.5. The summed E-state index contributed by atoms with van der Waals surface area (Å²) >= 11 is 0. The number of nitrogens with zero attached hydrogens (tertiary/aromatic N) is 11. The van der Waals surface area contributed by atoms with Crippen molar-refractivity contribution in [1.29, 1.82) is 0 Å². The number of hydrogen-bond acceptors (Lipinski definition) is 17. The van der Waals surface area contributed by atoms with Crippen molar-refractivity contribution in [2.24, 2.45) is 0 Å². The van der Waals surface area contributed by atoms with Crippen LogP contribution in [0, 0.1) is 11.6 Å². The molecule has 0 aliphatic carbocycles. The predicted octanol–water partition coefficient (Wildman–Crippen LogP) is 5.26. The molecule has 0 saturated heterocycles. The Morgan fingerprint density at radius 1 is 0.661 bits per heavy atom. The van der Waals surface area contributed by atoms with Crippen LogP contribution in [0.1, 0.15) is 63.8 Å². The number of halogens is 2. The molecule has 0 amide bonds. The lowest BCUT2D eigenvalue weighted by Gasteiger charge is -2.05. The van der Waals surface area contributed by atoms with Crippen molar-refractivity contribution < 1.29 is 46.2 Å². The third-order valence-electron chi connectivity index (χ3n) is 7.63. The van der Waals surface area contributed by atoms with E-state index >= 15 is 0 Å². The molecule has 8 rings (SSSR count). The Morgan fingerprint density at radius 2 is 1.20 bits per heavy atom. The quantitative estimate of drug-likeness (QED) is 0.122. The van der Waals surface area contributed by atoms with E-state index in [1.54, 1.807) is 68.4 Å². The van der Waals surface area contributed by atoms with Gasteiger partial charge in [-0.3, -0.25) is 9.89 Å². The second-order valence-corrected chi connectivity index (χ2v) is 11.7. The van der Waals surface area contributed by atoms with E-state index in [0.29, 0.717) is 46.5 Å². The van der Waals surface area contributed by atoms with E-state index in [4.69, 9.17) is 18.5 Å². The average molecular weight is 811 g/mol. The van der Waals surface area contributed by atoms with Gasteiger partial charge in [0, 0.05) is 36.2 Å². The number of H-pyrrole nitrogens is 1. The van der Waals surface area contributed by atoms with Crippen LogP contribution in [0.4, 0.5) is 8.78 Å². The standard InChI is InChI=1S/C15H13FN4O3.C14H11FN4O2.C8H8N4O3/c1-2-22-15(21)13-17-14(12-7-8-23-19-12)20(18-13)9-10-5-3-4-6-11(10)16;1-9(20)14-16-13(12-6-7-21-18-12)17-19(14)8-10-4-2-3-5-11(10)15;1-2-14-8(13)7-9-6(10-11-7)5-3-4-15-12-5/h3-8H,2,9H2,1H3;2-7H,8H2,1H3;3-4H,2H2,1H3,(H,9,10,11). The van der Waals surface area contributed by atoms with Gasteiger partial charge < -0.3 is 23.0 Å². The molecule has 2 aromatic carbocycles. The minimum absolute atomic E-state index is 0.0508. The van der Waals surface area contributed by atoms with Gasteiger partial charge in [-0.25, -0.2) is 32.7 Å². The minimum Gasteiger partial charge on any atom is -0.460 e. The molecule has 6 aromatic heterocycles. The smallest absolute Gasteiger partial charge is 0.378 e. The molecule has 0 bridgehead atoms. The van der Waals surface area contributed by atoms with Crippen LogP contribution in [0.15, 0.2) is 99.1 Å². The lowest BCUT2D eigenvalue weighted by Crippen LogP contribution is -2.11. The SMILES string of the molecule is CC(=O)c1nc(-c2ccon2)nn1Cc1ccccc1F.CCOC(=O)c1nc(-c2ccon2)n(Cc2ccccc2F)n1.CCOC(=O)c1nc(-c2ccon2)n[nH]1. The van der Waals surface area contributed by atoms with Crippen LogP contribution < -0.4 is 0 Å². The van der Waals surface area contributed by atoms with Crippen LogP contribution in [0.25, 0.3) is 34.6 Å². The zero-order chi connectivity index (χ0) is 41.7. The average Bonchev–Trinajstić information content (AvgIpc) is 4.07. The number of Topliss-reactive ketones (excluding diaryl/α,β-unsaturated/α-hetero) is 1. The zero-order valence-corrected chi connectivity index (χ0v) is 31.4. The number of benzene rings is 2. The number of rotatable bonds is 12. The number of aromatic amines is 1. The van der Waals surface area contributed by atoms with Crippen molar-refractivity contribution >= 4 is 17.7 Å². The van der Waals surface area contributed by atoms with E-state index in [0.717, 1.165) is 0 Å². The molecule has 0 fully saturated rings. The van der Waals surface area contributed by atoms with Crippen molar-refractivity contribution in [2.45, 2.75) is 33.9 Å². The van der Waals surface area contributed by atoms with Crippen LogP contribution in [-0.4, -0.2) is 91.1 Å². The summed E-state index contributed by atoms with van der Waals surface area (Å²) in [6.45, 7) is 5.50. The number of hydrogen-bond donors (Lipinski definition) is 1. The number of carbonyl (C=O) groups is 3. The molecule has 302 valence electrons. The molecule has 20 nitrogen and oxygen atoms in total. The van der Waals surface area contributed by atoms with Crippen molar-refractivity contribution in [3.05, 3.63) is 126 Å². The number of ketones is 1. The molecule has 0 aliphatic heterocycles. The Kier molecular flexibility index (Phi) is 13.2. The Bertz CT molecular complexity index is 2600. The van der Waals surface area contributed by atoms with Crippen LogP contribution in [0.2, 0.25) is 0 Å². The summed E-state index contributed by atoms with van der Waals surface area (Å²) < 4.78 is 54.1. The fourth-order valence-corrected chi connectivity index (χ4v) is 4.97. The van der Waals surface area contributed by atoms with E-state index in [-0.39, 0.29) is 60.4 Å². The highest BCUT2D eigenvalue weighted by molar-refractivity contribution is 5.91. The predicted molar refractivity (Wildman–Crippen MR) is 196 cm³/mol. The summed E-state index contributed by atoms with van der Waals surface area (Å²) in [6, 6.07) is 17.4. The molecule has 0 saturated carbocycles. The Hall–Kier alpha value is -8.04. The van der Waals surface area contributed by atoms with Gasteiger partial charge in [0.1, 0.15) is 30.4 Å². The summed E-state index contributed by atoms with van der Waals surface area (Å²) in [5, 5.41) is 25.7. The van der Waals surface area contributed by atoms with Gasteiger partial charge in [0.25, 0.3) is 5.82 Å². The zero-order valence-electron chi connectivity index (χ0n) is 31.4. The van der Waals surface area contributed by atoms with Crippen molar-refractivity contribution in [1.82, 2.24) is 60.2 Å². The maximum atomic E-state index is 13.8. The van der Waals surface area contributed by atoms with Crippen molar-refractivity contribution in [2.75, 3.05) is 13.2 Å². The number of esters is 2. The van der Waals surface area contributed by atoms with E-state index in [1.807, 2.05) is 0 Å². The number of ether oxygens (including phenoxy) is 2. The maximum Gasteiger partial charge on any atom is 0.378 e. The number of nitrogens with one attached hydrogen (secondary N) is 1. The van der Waals surface area contributed by atoms with Gasteiger partial charge in [-0.15, -0.1) is 10.2 Å². The lowest BCUT2D eigenvalue weighted by atomic mass is 10.2. The fraction of sp³-hybridized carbons (Fsp3) is 0.189. The summed E-state index contributed by atoms with van der Waals surface area (Å²) in [7, 11) is 0. The van der Waals surface area contributed by atoms with E-state index in [1.165, 1.54) is 47.2 Å². The first-order valence-corrected chi connectivity index (χ1v) is 17.5. The molecule has 0 unspecified atom stereocenters. The highest BCUT2D eigenvalue weighted by atomic mass is 19.1. The molecule has 0 spiro atoms. The molecule has 6 heterocycles. The third-order valence-corrected chi connectivity index (χ3v) is 7.63. The first-order chi connectivity index (χ1) is 28.6. The lowest BCUT2D eigenvalue weighted by molar-refractivity contribution is 0.0503. The molecule has 8 aromatic rings. The second-order valence-electron chi connectivity index (χ2n) is 11.7. The highest BCUT2D eigenvalue weighted by Gasteiger charge is 2.22. The van der Waals surface area contributed by atoms with Gasteiger partial charge in [0.2, 0.25) is 17.5 Å². The highest BCUT2D eigenvalue weighted by Crippen LogP contribution is 2.19. The Morgan fingerprint density at radius 3 is 1.75 bits per heavy atom. The van der Waals surface area contributed by atoms with E-state index < -0.39 is 11.9 Å². The van der Waals surface area contributed by atoms with Gasteiger partial charge in [-0.2, -0.15) is 15.1 Å². The molecule has 0 atom stereocenters. The van der Waals surface area contributed by atoms with E-state index in [9.17, 15) is 23.2 Å². The fourth-order valence-electron chi connectivity index (χ4n) is 4.97. The van der Waals surface area contributed by atoms with Gasteiger partial charge in [0.05, 0.1) is 26.3 Å². The summed E-state index contributed by atoms with van der Waals surface area (Å²) in [6.07, 6.45) is 4.16. The van der Waals surface area contributed by atoms with Gasteiger partial charge in [-0.05, 0) is 26.0 Å². The van der Waals surface area contributed by atoms with E-state index in [2.05, 4.69) is 55.3 Å². The molecule has 1 N–H and O–H groups in total. The van der Waals surface area contributed by atoms with Crippen LogP contribution >= 0.6 is 0 Å². The monoisotopic (exact) mass is 810 g/mol. The van der Waals surface area contributed by atoms with Gasteiger partial charge in [0.15, 0.2) is 34.5 Å². The molecular weight excluding hydrogens is 778 g/mol. The molecule has 0 radical (unpaired) electrons. The van der Waals surface area contributed by atoms with Gasteiger partial charge >= 0.3 is 11.9 Å². The summed E-state index contributed by atoms with van der Waals surface area (Å²) in [4.78, 5) is 46.9. The normalized spacial score (nSPS) is 10.6. The Labute approximate surface area is 331 Å². The largest absolute Gasteiger partial charge is 0.460 e. The minimum atomic E-state index is -0.649. The molecular formula is C37H32F2N12O8. The number of carbonyl (C=O) groups excluding carboxylic acids is 3. The Balaban J connectivity index is 0.000000152. The topological polar surface area (TPSA) is 251 Å². The summed E-state index contributed by atoms with van der Waals surface area (Å²) in [5.74, 6) is -1.22. The number of aromatic nitrogens is 12. The van der Waals surface area contributed by atoms with Crippen LogP contribution in [0.3, 0.4) is 0 Å². The van der Waals surface area contributed by atoms with Crippen molar-refractivity contribution in [3.8, 4) is 34.6 Å². The molecule has 59 heavy (non-hydrogen) atoms. The van der Waals surface area contributed by atoms with Crippen molar-refractivity contribution in [3.63, 3.8) is 0 Å². The summed E-state index contributed by atoms with van der Waals surface area (Å²) in [5.41, 5.74) is 2.12. The first kappa shape index (κ1) is 40.6.